The largest absolute Gasteiger partial charge is 0.495 e. The third kappa shape index (κ3) is 2.98. The van der Waals surface area contributed by atoms with E-state index in [0.717, 1.165) is 0 Å². The van der Waals surface area contributed by atoms with Crippen LogP contribution in [0.15, 0.2) is 18.2 Å². The second kappa shape index (κ2) is 4.34. The van der Waals surface area contributed by atoms with Crippen molar-refractivity contribution in [1.82, 2.24) is 0 Å². The van der Waals surface area contributed by atoms with Gasteiger partial charge in [-0.2, -0.15) is 0 Å². The molecular weight excluding hydrogens is 190 g/mol. The fourth-order valence-corrected chi connectivity index (χ4v) is 1.00. The molecule has 1 rings (SSSR count). The van der Waals surface area contributed by atoms with E-state index in [2.05, 4.69) is 11.4 Å². The van der Waals surface area contributed by atoms with Crippen LogP contribution in [0.2, 0.25) is 0 Å². The van der Waals surface area contributed by atoms with Gasteiger partial charge in [0.1, 0.15) is 5.75 Å². The Labute approximate surface area is 90.4 Å². The summed E-state index contributed by atoms with van der Waals surface area (Å²) < 4.78 is 5.12. The summed E-state index contributed by atoms with van der Waals surface area (Å²) in [6, 6.07) is 8.10. The third-order valence-electron chi connectivity index (χ3n) is 1.97. The molecule has 0 fully saturated rings. The van der Waals surface area contributed by atoms with Gasteiger partial charge < -0.3 is 10.1 Å². The van der Waals surface area contributed by atoms with E-state index in [1.165, 1.54) is 0 Å². The fourth-order valence-electron chi connectivity index (χ4n) is 1.00. The molecule has 0 aromatic heterocycles. The van der Waals surface area contributed by atoms with Gasteiger partial charge in [-0.1, -0.05) is 26.8 Å². The average Bonchev–Trinajstić information content (AvgIpc) is 2.17. The molecule has 3 heteroatoms. The summed E-state index contributed by atoms with van der Waals surface area (Å²) in [5.41, 5.74) is 0.237. The van der Waals surface area contributed by atoms with Gasteiger partial charge in [-0.05, 0) is 18.2 Å². The molecule has 1 aromatic carbocycles. The lowest BCUT2D eigenvalue weighted by Gasteiger charge is -2.18. The number of hydrogen-bond acceptors (Lipinski definition) is 2. The lowest BCUT2D eigenvalue weighted by molar-refractivity contribution is -0.123. The Morgan fingerprint density at radius 1 is 1.47 bits per heavy atom. The fraction of sp³-hybridized carbons (Fsp3) is 0.417. The van der Waals surface area contributed by atoms with Crippen molar-refractivity contribution in [3.8, 4) is 5.75 Å². The van der Waals surface area contributed by atoms with Gasteiger partial charge in [0.05, 0.1) is 12.8 Å². The lowest BCUT2D eigenvalue weighted by Crippen LogP contribution is -2.27. The van der Waals surface area contributed by atoms with E-state index >= 15 is 0 Å². The van der Waals surface area contributed by atoms with Crippen molar-refractivity contribution in [2.45, 2.75) is 20.8 Å². The number of anilines is 1. The molecule has 3 nitrogen and oxygen atoms in total. The quantitative estimate of drug-likeness (QED) is 0.807. The van der Waals surface area contributed by atoms with Crippen LogP contribution in [-0.2, 0) is 4.79 Å². The van der Waals surface area contributed by atoms with Crippen molar-refractivity contribution in [2.24, 2.45) is 5.41 Å². The van der Waals surface area contributed by atoms with Gasteiger partial charge in [0, 0.05) is 5.41 Å². The molecule has 0 unspecified atom stereocenters. The number of amides is 1. The minimum atomic E-state index is -0.416. The van der Waals surface area contributed by atoms with E-state index in [4.69, 9.17) is 4.74 Å². The maximum absolute atomic E-state index is 11.7. The lowest BCUT2D eigenvalue weighted by atomic mass is 9.95. The Morgan fingerprint density at radius 3 is 2.67 bits per heavy atom. The number of carbonyl (C=O) groups excluding carboxylic acids is 1. The normalized spacial score (nSPS) is 10.9. The molecule has 0 aliphatic heterocycles. The standard InChI is InChI=1S/C12H16NO2/c1-12(2,3)11(14)13-9-7-5-6-8-10(9)15-4/h6-8H,1-4H3,(H,13,14). The molecule has 0 saturated carbocycles. The highest BCUT2D eigenvalue weighted by Gasteiger charge is 2.21. The second-order valence-corrected chi connectivity index (χ2v) is 4.33. The Bertz CT molecular complexity index is 353. The Morgan fingerprint density at radius 2 is 2.13 bits per heavy atom. The third-order valence-corrected chi connectivity index (χ3v) is 1.97. The van der Waals surface area contributed by atoms with Gasteiger partial charge in [-0.15, -0.1) is 0 Å². The number of rotatable bonds is 2. The van der Waals surface area contributed by atoms with Crippen molar-refractivity contribution >= 4 is 11.6 Å². The average molecular weight is 206 g/mol. The summed E-state index contributed by atoms with van der Waals surface area (Å²) in [4.78, 5) is 11.7. The molecule has 0 bridgehead atoms. The van der Waals surface area contributed by atoms with E-state index in [0.29, 0.717) is 11.4 Å². The molecule has 0 spiro atoms. The molecule has 81 valence electrons. The summed E-state index contributed by atoms with van der Waals surface area (Å²) in [6.45, 7) is 5.59. The first-order valence-corrected chi connectivity index (χ1v) is 4.80. The van der Waals surface area contributed by atoms with E-state index in [1.54, 1.807) is 25.3 Å². The predicted molar refractivity (Wildman–Crippen MR) is 59.9 cm³/mol. The van der Waals surface area contributed by atoms with Gasteiger partial charge in [0.2, 0.25) is 5.91 Å². The summed E-state index contributed by atoms with van der Waals surface area (Å²) in [7, 11) is 1.57. The van der Waals surface area contributed by atoms with Gasteiger partial charge in [0.15, 0.2) is 0 Å². The molecule has 0 heterocycles. The SMILES string of the molecule is COc1cc[c]cc1NC(=O)C(C)(C)C. The molecular formula is C12H16NO2. The minimum absolute atomic E-state index is 0.0413. The van der Waals surface area contributed by atoms with Gasteiger partial charge in [0.25, 0.3) is 0 Å². The number of ether oxygens (including phenoxy) is 1. The summed E-state index contributed by atoms with van der Waals surface area (Å²) in [6.07, 6.45) is 0. The van der Waals surface area contributed by atoms with Crippen LogP contribution in [0.1, 0.15) is 20.8 Å². The van der Waals surface area contributed by atoms with Crippen LogP contribution in [0.4, 0.5) is 5.69 Å². The molecule has 0 aliphatic carbocycles. The van der Waals surface area contributed by atoms with Crippen molar-refractivity contribution in [3.63, 3.8) is 0 Å². The molecule has 15 heavy (non-hydrogen) atoms. The molecule has 0 saturated heterocycles. The first kappa shape index (κ1) is 11.6. The predicted octanol–water partition coefficient (Wildman–Crippen LogP) is 2.48. The van der Waals surface area contributed by atoms with E-state index in [9.17, 15) is 4.79 Å². The zero-order valence-corrected chi connectivity index (χ0v) is 9.55. The zero-order valence-electron chi connectivity index (χ0n) is 9.55. The maximum Gasteiger partial charge on any atom is 0.229 e. The van der Waals surface area contributed by atoms with Crippen LogP contribution in [-0.4, -0.2) is 13.0 Å². The highest BCUT2D eigenvalue weighted by atomic mass is 16.5. The van der Waals surface area contributed by atoms with Crippen molar-refractivity contribution in [1.29, 1.82) is 0 Å². The molecule has 0 atom stereocenters. The Balaban J connectivity index is 2.85. The molecule has 1 amide bonds. The number of benzene rings is 1. The van der Waals surface area contributed by atoms with E-state index in [-0.39, 0.29) is 5.91 Å². The van der Waals surface area contributed by atoms with E-state index in [1.807, 2.05) is 20.8 Å². The smallest absolute Gasteiger partial charge is 0.229 e. The monoisotopic (exact) mass is 206 g/mol. The van der Waals surface area contributed by atoms with E-state index < -0.39 is 5.41 Å². The van der Waals surface area contributed by atoms with Crippen LogP contribution < -0.4 is 10.1 Å². The zero-order chi connectivity index (χ0) is 11.5. The number of methoxy groups -OCH3 is 1. The maximum atomic E-state index is 11.7. The Hall–Kier alpha value is -1.51. The van der Waals surface area contributed by atoms with Gasteiger partial charge in [-0.3, -0.25) is 4.79 Å². The minimum Gasteiger partial charge on any atom is -0.495 e. The summed E-state index contributed by atoms with van der Waals surface area (Å²) in [5.74, 6) is 0.603. The van der Waals surface area contributed by atoms with Crippen molar-refractivity contribution in [2.75, 3.05) is 12.4 Å². The summed E-state index contributed by atoms with van der Waals surface area (Å²) in [5, 5.41) is 2.81. The van der Waals surface area contributed by atoms with Crippen molar-refractivity contribution < 1.29 is 9.53 Å². The molecule has 0 aliphatic rings. The van der Waals surface area contributed by atoms with Crippen LogP contribution in [0, 0.1) is 11.5 Å². The highest BCUT2D eigenvalue weighted by molar-refractivity contribution is 5.95. The molecule has 1 aromatic rings. The highest BCUT2D eigenvalue weighted by Crippen LogP contribution is 2.25. The number of nitrogens with one attached hydrogen (secondary N) is 1. The Kier molecular flexibility index (Phi) is 3.35. The first-order valence-electron chi connectivity index (χ1n) is 4.80. The first-order chi connectivity index (χ1) is 6.95. The van der Waals surface area contributed by atoms with Crippen molar-refractivity contribution in [3.05, 3.63) is 24.3 Å². The second-order valence-electron chi connectivity index (χ2n) is 4.33. The van der Waals surface area contributed by atoms with Crippen LogP contribution in [0.25, 0.3) is 0 Å². The van der Waals surface area contributed by atoms with Gasteiger partial charge in [-0.25, -0.2) is 0 Å². The van der Waals surface area contributed by atoms with Crippen LogP contribution >= 0.6 is 0 Å². The van der Waals surface area contributed by atoms with Crippen LogP contribution in [0.5, 0.6) is 5.75 Å². The topological polar surface area (TPSA) is 38.3 Å². The molecule has 1 radical (unpaired) electrons. The van der Waals surface area contributed by atoms with Crippen LogP contribution in [0.3, 0.4) is 0 Å². The van der Waals surface area contributed by atoms with Gasteiger partial charge >= 0.3 is 0 Å². The molecule has 1 N–H and O–H groups in total. The number of hydrogen-bond donors (Lipinski definition) is 1. The summed E-state index contributed by atoms with van der Waals surface area (Å²) >= 11 is 0. The number of carbonyl (C=O) groups is 1.